The first-order valence-corrected chi connectivity index (χ1v) is 6.23. The fourth-order valence-electron chi connectivity index (χ4n) is 1.68. The van der Waals surface area contributed by atoms with Crippen LogP contribution in [-0.2, 0) is 13.0 Å². The third-order valence-corrected chi connectivity index (χ3v) is 3.55. The van der Waals surface area contributed by atoms with Gasteiger partial charge in [-0.2, -0.15) is 16.9 Å². The van der Waals surface area contributed by atoms with Crippen LogP contribution in [0.4, 0.5) is 0 Å². The lowest BCUT2D eigenvalue weighted by atomic mass is 10.2. The van der Waals surface area contributed by atoms with Gasteiger partial charge in [0.05, 0.1) is 0 Å². The van der Waals surface area contributed by atoms with E-state index in [1.807, 2.05) is 16.4 Å². The maximum atomic E-state index is 4.28. The minimum absolute atomic E-state index is 0.572. The highest BCUT2D eigenvalue weighted by Gasteiger charge is 2.15. The first-order valence-electron chi connectivity index (χ1n) is 5.08. The largest absolute Gasteiger partial charge is 0.312 e. The van der Waals surface area contributed by atoms with Crippen LogP contribution in [0.2, 0.25) is 0 Å². The molecule has 1 N–H and O–H groups in total. The number of hydrogen-bond acceptors (Lipinski definition) is 4. The van der Waals surface area contributed by atoms with Crippen LogP contribution in [0.1, 0.15) is 12.7 Å². The Morgan fingerprint density at radius 2 is 2.64 bits per heavy atom. The molecule has 1 atom stereocenters. The zero-order chi connectivity index (χ0) is 9.80. The molecule has 1 saturated heterocycles. The summed E-state index contributed by atoms with van der Waals surface area (Å²) in [5.74, 6) is 3.53. The second-order valence-electron chi connectivity index (χ2n) is 3.42. The average molecular weight is 212 g/mol. The van der Waals surface area contributed by atoms with Gasteiger partial charge in [0.1, 0.15) is 12.2 Å². The van der Waals surface area contributed by atoms with Gasteiger partial charge in [0.25, 0.3) is 0 Å². The Balaban J connectivity index is 1.95. The van der Waals surface area contributed by atoms with Gasteiger partial charge in [0, 0.05) is 37.1 Å². The van der Waals surface area contributed by atoms with Gasteiger partial charge >= 0.3 is 0 Å². The van der Waals surface area contributed by atoms with Gasteiger partial charge in [-0.1, -0.05) is 0 Å². The molecule has 2 rings (SSSR count). The van der Waals surface area contributed by atoms with Gasteiger partial charge in [0.15, 0.2) is 0 Å². The Kier molecular flexibility index (Phi) is 3.42. The van der Waals surface area contributed by atoms with Gasteiger partial charge < -0.3 is 5.32 Å². The van der Waals surface area contributed by atoms with E-state index in [2.05, 4.69) is 22.3 Å². The molecule has 4 nitrogen and oxygen atoms in total. The van der Waals surface area contributed by atoms with E-state index in [0.717, 1.165) is 25.3 Å². The van der Waals surface area contributed by atoms with Crippen molar-refractivity contribution in [3.05, 3.63) is 12.2 Å². The van der Waals surface area contributed by atoms with Crippen molar-refractivity contribution in [1.82, 2.24) is 20.1 Å². The molecule has 1 aliphatic heterocycles. The van der Waals surface area contributed by atoms with Gasteiger partial charge in [-0.25, -0.2) is 4.98 Å². The molecule has 2 heterocycles. The molecular formula is C9H16N4S. The molecule has 1 aromatic heterocycles. The summed E-state index contributed by atoms with van der Waals surface area (Å²) < 4.78 is 1.97. The van der Waals surface area contributed by atoms with Crippen molar-refractivity contribution < 1.29 is 0 Å². The van der Waals surface area contributed by atoms with Crippen molar-refractivity contribution in [2.24, 2.45) is 0 Å². The molecular weight excluding hydrogens is 196 g/mol. The van der Waals surface area contributed by atoms with Crippen LogP contribution in [-0.4, -0.2) is 38.9 Å². The third-order valence-electron chi connectivity index (χ3n) is 2.42. The average Bonchev–Trinajstić information content (AvgIpc) is 2.67. The van der Waals surface area contributed by atoms with Crippen LogP contribution in [0.25, 0.3) is 0 Å². The Labute approximate surface area is 88.5 Å². The van der Waals surface area contributed by atoms with Crippen molar-refractivity contribution in [3.8, 4) is 0 Å². The smallest absolute Gasteiger partial charge is 0.138 e. The molecule has 1 aromatic rings. The molecule has 1 unspecified atom stereocenters. The van der Waals surface area contributed by atoms with Gasteiger partial charge in [0.2, 0.25) is 0 Å². The lowest BCUT2D eigenvalue weighted by Crippen LogP contribution is -2.39. The molecule has 14 heavy (non-hydrogen) atoms. The van der Waals surface area contributed by atoms with Crippen molar-refractivity contribution in [2.75, 3.05) is 18.1 Å². The van der Waals surface area contributed by atoms with Crippen LogP contribution in [0, 0.1) is 0 Å². The van der Waals surface area contributed by atoms with E-state index in [4.69, 9.17) is 0 Å². The molecule has 78 valence electrons. The second-order valence-corrected chi connectivity index (χ2v) is 4.57. The Hall–Kier alpha value is -0.550. The maximum absolute atomic E-state index is 4.28. The summed E-state index contributed by atoms with van der Waals surface area (Å²) in [7, 11) is 0. The van der Waals surface area contributed by atoms with Gasteiger partial charge in [-0.3, -0.25) is 4.68 Å². The summed E-state index contributed by atoms with van der Waals surface area (Å²) in [6, 6.07) is 0.572. The lowest BCUT2D eigenvalue weighted by molar-refractivity contribution is 0.520. The zero-order valence-corrected chi connectivity index (χ0v) is 9.26. The number of thioether (sulfide) groups is 1. The maximum Gasteiger partial charge on any atom is 0.138 e. The van der Waals surface area contributed by atoms with Crippen LogP contribution < -0.4 is 5.32 Å². The SMILES string of the molecule is CCn1ncnc1CC1CSCCN1. The zero-order valence-electron chi connectivity index (χ0n) is 8.44. The van der Waals surface area contributed by atoms with Crippen LogP contribution >= 0.6 is 11.8 Å². The first-order chi connectivity index (χ1) is 6.90. The molecule has 0 aromatic carbocycles. The standard InChI is InChI=1S/C9H16N4S/c1-2-13-9(11-7-12-13)5-8-6-14-4-3-10-8/h7-8,10H,2-6H2,1H3. The van der Waals surface area contributed by atoms with Crippen LogP contribution in [0.15, 0.2) is 6.33 Å². The molecule has 0 bridgehead atoms. The molecule has 5 heteroatoms. The van der Waals surface area contributed by atoms with E-state index < -0.39 is 0 Å². The highest BCUT2D eigenvalue weighted by atomic mass is 32.2. The Bertz CT molecular complexity index is 280. The minimum atomic E-state index is 0.572. The normalized spacial score (nSPS) is 22.5. The number of nitrogens with zero attached hydrogens (tertiary/aromatic N) is 3. The molecule has 0 saturated carbocycles. The van der Waals surface area contributed by atoms with E-state index in [0.29, 0.717) is 6.04 Å². The van der Waals surface area contributed by atoms with E-state index in [1.165, 1.54) is 11.5 Å². The predicted octanol–water partition coefficient (Wildman–Crippen LogP) is 0.545. The van der Waals surface area contributed by atoms with Crippen molar-refractivity contribution in [1.29, 1.82) is 0 Å². The topological polar surface area (TPSA) is 42.7 Å². The van der Waals surface area contributed by atoms with Crippen molar-refractivity contribution in [2.45, 2.75) is 25.9 Å². The molecule has 0 radical (unpaired) electrons. The van der Waals surface area contributed by atoms with Crippen molar-refractivity contribution >= 4 is 11.8 Å². The number of nitrogens with one attached hydrogen (secondary N) is 1. The number of aromatic nitrogens is 3. The summed E-state index contributed by atoms with van der Waals surface area (Å²) in [5, 5.41) is 7.68. The fourth-order valence-corrected chi connectivity index (χ4v) is 2.63. The summed E-state index contributed by atoms with van der Waals surface area (Å²) in [5.41, 5.74) is 0. The molecule has 0 amide bonds. The fraction of sp³-hybridized carbons (Fsp3) is 0.778. The Morgan fingerprint density at radius 1 is 1.71 bits per heavy atom. The first kappa shape index (κ1) is 9.98. The van der Waals surface area contributed by atoms with Gasteiger partial charge in [-0.15, -0.1) is 0 Å². The summed E-state index contributed by atoms with van der Waals surface area (Å²) >= 11 is 2.02. The summed E-state index contributed by atoms with van der Waals surface area (Å²) in [6.07, 6.45) is 2.65. The van der Waals surface area contributed by atoms with E-state index in [9.17, 15) is 0 Å². The molecule has 1 fully saturated rings. The molecule has 0 spiro atoms. The molecule has 1 aliphatic rings. The van der Waals surface area contributed by atoms with E-state index in [-0.39, 0.29) is 0 Å². The van der Waals surface area contributed by atoms with Crippen molar-refractivity contribution in [3.63, 3.8) is 0 Å². The highest BCUT2D eigenvalue weighted by molar-refractivity contribution is 7.99. The predicted molar refractivity (Wildman–Crippen MR) is 58.5 cm³/mol. The number of rotatable bonds is 3. The van der Waals surface area contributed by atoms with Crippen LogP contribution in [0.5, 0.6) is 0 Å². The van der Waals surface area contributed by atoms with Gasteiger partial charge in [-0.05, 0) is 6.92 Å². The number of hydrogen-bond donors (Lipinski definition) is 1. The Morgan fingerprint density at radius 3 is 3.36 bits per heavy atom. The quantitative estimate of drug-likeness (QED) is 0.794. The minimum Gasteiger partial charge on any atom is -0.312 e. The monoisotopic (exact) mass is 212 g/mol. The van der Waals surface area contributed by atoms with E-state index in [1.54, 1.807) is 6.33 Å². The summed E-state index contributed by atoms with van der Waals surface area (Å²) in [6.45, 7) is 4.13. The lowest BCUT2D eigenvalue weighted by Gasteiger charge is -2.22. The molecule has 0 aliphatic carbocycles. The highest BCUT2D eigenvalue weighted by Crippen LogP contribution is 2.11. The second kappa shape index (κ2) is 4.79. The number of aryl methyl sites for hydroxylation is 1. The van der Waals surface area contributed by atoms with Crippen LogP contribution in [0.3, 0.4) is 0 Å². The summed E-state index contributed by atoms with van der Waals surface area (Å²) in [4.78, 5) is 4.28. The third kappa shape index (κ3) is 2.27. The van der Waals surface area contributed by atoms with E-state index >= 15 is 0 Å².